The highest BCUT2D eigenvalue weighted by molar-refractivity contribution is 14.1. The van der Waals surface area contributed by atoms with Crippen LogP contribution in [0.5, 0.6) is 0 Å². The highest BCUT2D eigenvalue weighted by Gasteiger charge is 2.36. The summed E-state index contributed by atoms with van der Waals surface area (Å²) in [5.41, 5.74) is 0.417. The Morgan fingerprint density at radius 2 is 1.55 bits per heavy atom. The number of anilines is 2. The summed E-state index contributed by atoms with van der Waals surface area (Å²) < 4.78 is 0.955. The molecule has 8 N–H and O–H groups in total. The third-order valence-corrected chi connectivity index (χ3v) is 7.67. The molecule has 0 fully saturated rings. The minimum absolute atomic E-state index is 0.0443. The summed E-state index contributed by atoms with van der Waals surface area (Å²) in [6.07, 6.45) is -8.15. The number of carbonyl (C=O) groups excluding carboxylic acids is 3. The Balaban J connectivity index is 3.60. The minimum Gasteiger partial charge on any atom is -0.395 e. The van der Waals surface area contributed by atoms with Gasteiger partial charge in [-0.05, 0) is 67.8 Å². The second-order valence-electron chi connectivity index (χ2n) is 6.68. The number of nitrogens with one attached hydrogen (secondary N) is 2. The molecule has 186 valence electrons. The summed E-state index contributed by atoms with van der Waals surface area (Å²) in [5.74, 6) is -2.13. The zero-order chi connectivity index (χ0) is 25.6. The topological polar surface area (TPSA) is 200 Å². The Morgan fingerprint density at radius 3 is 2.00 bits per heavy atom. The molecule has 0 bridgehead atoms. The van der Waals surface area contributed by atoms with E-state index in [1.165, 1.54) is 18.9 Å². The summed E-state index contributed by atoms with van der Waals surface area (Å²) >= 11 is 5.53. The minimum atomic E-state index is -2.21. The Bertz CT molecular complexity index is 903. The maximum Gasteiger partial charge on any atom is 0.256 e. The van der Waals surface area contributed by atoms with E-state index >= 15 is 0 Å². The van der Waals surface area contributed by atoms with Crippen LogP contribution in [0.15, 0.2) is 0 Å². The Hall–Kier alpha value is -0.420. The predicted molar refractivity (Wildman–Crippen MR) is 143 cm³/mol. The van der Waals surface area contributed by atoms with Crippen molar-refractivity contribution in [3.8, 4) is 0 Å². The molecular formula is C18H24I3N3O9. The van der Waals surface area contributed by atoms with E-state index in [1.807, 2.05) is 67.8 Å². The van der Waals surface area contributed by atoms with Crippen molar-refractivity contribution in [2.75, 3.05) is 37.0 Å². The van der Waals surface area contributed by atoms with Crippen molar-refractivity contribution in [3.63, 3.8) is 0 Å². The molecule has 0 spiro atoms. The monoisotopic (exact) mass is 807 g/mol. The second kappa shape index (κ2) is 13.6. The van der Waals surface area contributed by atoms with Crippen LogP contribution >= 0.6 is 67.8 Å². The quantitative estimate of drug-likeness (QED) is 0.131. The molecule has 1 aromatic carbocycles. The first-order chi connectivity index (χ1) is 15.3. The zero-order valence-corrected chi connectivity index (χ0v) is 23.9. The summed E-state index contributed by atoms with van der Waals surface area (Å²) in [6, 6.07) is 0. The van der Waals surface area contributed by atoms with E-state index < -0.39 is 48.7 Å². The third kappa shape index (κ3) is 7.06. The van der Waals surface area contributed by atoms with Crippen molar-refractivity contribution >= 4 is 96.9 Å². The molecule has 1 aromatic rings. The van der Waals surface area contributed by atoms with Gasteiger partial charge in [-0.1, -0.05) is 0 Å². The van der Waals surface area contributed by atoms with Crippen LogP contribution in [0.2, 0.25) is 0 Å². The Morgan fingerprint density at radius 1 is 0.970 bits per heavy atom. The normalized spacial score (nSPS) is 14.8. The van der Waals surface area contributed by atoms with E-state index in [0.29, 0.717) is 7.14 Å². The van der Waals surface area contributed by atoms with E-state index in [2.05, 4.69) is 10.6 Å². The fraction of sp³-hybridized carbons (Fsp3) is 0.500. The summed E-state index contributed by atoms with van der Waals surface area (Å²) in [5, 5.41) is 62.6. The first-order valence-corrected chi connectivity index (χ1v) is 12.5. The number of halogens is 3. The van der Waals surface area contributed by atoms with E-state index in [9.17, 15) is 39.9 Å². The van der Waals surface area contributed by atoms with Crippen molar-refractivity contribution in [2.45, 2.75) is 31.3 Å². The van der Waals surface area contributed by atoms with Gasteiger partial charge in [-0.25, -0.2) is 0 Å². The number of rotatable bonds is 10. The SMILES string of the molecule is CNC(=O)c1c(I)c(NC(=O)[C@H](O)[C@@H](O)[C@H](O)[C@H](O)CO)c(I)c(N(CCO)C(C)=O)c1I. The van der Waals surface area contributed by atoms with Gasteiger partial charge >= 0.3 is 0 Å². The lowest BCUT2D eigenvalue weighted by atomic mass is 10.0. The number of hydrogen-bond acceptors (Lipinski definition) is 9. The van der Waals surface area contributed by atoms with E-state index in [0.717, 1.165) is 0 Å². The van der Waals surface area contributed by atoms with Gasteiger partial charge in [0.25, 0.3) is 11.8 Å². The van der Waals surface area contributed by atoms with Crippen molar-refractivity contribution in [1.29, 1.82) is 0 Å². The van der Waals surface area contributed by atoms with Crippen LogP contribution in [0.3, 0.4) is 0 Å². The number of aliphatic hydroxyl groups excluding tert-OH is 6. The molecule has 0 aliphatic carbocycles. The summed E-state index contributed by atoms with van der Waals surface area (Å²) in [6.45, 7) is -0.102. The van der Waals surface area contributed by atoms with Gasteiger partial charge in [0.15, 0.2) is 6.10 Å². The standard InChI is InChI=1S/C18H24I3N3O9/c1-6(27)24(3-4-25)13-10(20)8(17(32)22-2)9(19)12(11(13)21)23-18(33)16(31)15(30)14(29)7(28)5-26/h7,14-16,25-26,28-31H,3-5H2,1-2H3,(H,22,32)(H,23,33)/t7-,14-,15+,16-/m1/s1. The Kier molecular flexibility index (Phi) is 12.6. The van der Waals surface area contributed by atoms with Gasteiger partial charge in [-0.15, -0.1) is 0 Å². The number of amides is 3. The lowest BCUT2D eigenvalue weighted by molar-refractivity contribution is -0.144. The van der Waals surface area contributed by atoms with Crippen LogP contribution < -0.4 is 15.5 Å². The van der Waals surface area contributed by atoms with E-state index in [1.54, 1.807) is 0 Å². The number of aliphatic hydroxyl groups is 6. The van der Waals surface area contributed by atoms with Gasteiger partial charge < -0.3 is 46.2 Å². The van der Waals surface area contributed by atoms with Crippen LogP contribution in [-0.2, 0) is 9.59 Å². The fourth-order valence-electron chi connectivity index (χ4n) is 2.72. The molecule has 4 atom stereocenters. The second-order valence-corrected chi connectivity index (χ2v) is 9.92. The predicted octanol–water partition coefficient (Wildman–Crippen LogP) is -1.42. The highest BCUT2D eigenvalue weighted by atomic mass is 127. The van der Waals surface area contributed by atoms with Gasteiger partial charge in [0, 0.05) is 20.5 Å². The number of carbonyl (C=O) groups is 3. The molecule has 33 heavy (non-hydrogen) atoms. The number of nitrogens with zero attached hydrogens (tertiary/aromatic N) is 1. The van der Waals surface area contributed by atoms with Crippen molar-refractivity contribution in [1.82, 2.24) is 5.32 Å². The van der Waals surface area contributed by atoms with Gasteiger partial charge in [-0.2, -0.15) is 0 Å². The molecule has 0 heterocycles. The molecule has 0 saturated carbocycles. The molecule has 12 nitrogen and oxygen atoms in total. The van der Waals surface area contributed by atoms with Crippen LogP contribution in [-0.4, -0.2) is 99.6 Å². The molecular weight excluding hydrogens is 783 g/mol. The van der Waals surface area contributed by atoms with Gasteiger partial charge in [0.05, 0.1) is 40.9 Å². The average Bonchev–Trinajstić information content (AvgIpc) is 2.78. The lowest BCUT2D eigenvalue weighted by Crippen LogP contribution is -2.50. The van der Waals surface area contributed by atoms with Crippen LogP contribution in [0, 0.1) is 10.7 Å². The van der Waals surface area contributed by atoms with Crippen molar-refractivity contribution in [2.24, 2.45) is 0 Å². The Labute approximate surface area is 230 Å². The first kappa shape index (κ1) is 30.6. The molecule has 1 rings (SSSR count). The summed E-state index contributed by atoms with van der Waals surface area (Å²) in [4.78, 5) is 38.7. The molecule has 0 saturated heterocycles. The smallest absolute Gasteiger partial charge is 0.256 e. The zero-order valence-electron chi connectivity index (χ0n) is 17.4. The number of hydrogen-bond donors (Lipinski definition) is 8. The highest BCUT2D eigenvalue weighted by Crippen LogP contribution is 2.41. The molecule has 0 unspecified atom stereocenters. The van der Waals surface area contributed by atoms with Gasteiger partial charge in [0.2, 0.25) is 5.91 Å². The summed E-state index contributed by atoms with van der Waals surface area (Å²) in [7, 11) is 1.40. The van der Waals surface area contributed by atoms with E-state index in [4.69, 9.17) is 5.11 Å². The molecule has 0 aliphatic rings. The van der Waals surface area contributed by atoms with E-state index in [-0.39, 0.29) is 33.7 Å². The molecule has 15 heteroatoms. The molecule has 0 aliphatic heterocycles. The molecule has 3 amide bonds. The van der Waals surface area contributed by atoms with Crippen molar-refractivity contribution in [3.05, 3.63) is 16.3 Å². The van der Waals surface area contributed by atoms with Crippen LogP contribution in [0.1, 0.15) is 17.3 Å². The third-order valence-electron chi connectivity index (χ3n) is 4.49. The van der Waals surface area contributed by atoms with Gasteiger partial charge in [0.1, 0.15) is 18.3 Å². The maximum atomic E-state index is 12.6. The average molecular weight is 807 g/mol. The van der Waals surface area contributed by atoms with Crippen LogP contribution in [0.4, 0.5) is 11.4 Å². The lowest BCUT2D eigenvalue weighted by Gasteiger charge is -2.28. The molecule has 0 aromatic heterocycles. The molecule has 0 radical (unpaired) electrons. The fourth-order valence-corrected chi connectivity index (χ4v) is 7.23. The van der Waals surface area contributed by atoms with Gasteiger partial charge in [-0.3, -0.25) is 14.4 Å². The van der Waals surface area contributed by atoms with Crippen LogP contribution in [0.25, 0.3) is 0 Å². The first-order valence-electron chi connectivity index (χ1n) is 9.30. The van der Waals surface area contributed by atoms with Crippen molar-refractivity contribution < 1.29 is 45.0 Å². The maximum absolute atomic E-state index is 12.6. The number of benzene rings is 1. The largest absolute Gasteiger partial charge is 0.395 e.